The summed E-state index contributed by atoms with van der Waals surface area (Å²) >= 11 is 0. The summed E-state index contributed by atoms with van der Waals surface area (Å²) in [5, 5.41) is 4.25. The maximum atomic E-state index is 12.5. The first-order valence-corrected chi connectivity index (χ1v) is 3.84. The van der Waals surface area contributed by atoms with E-state index in [4.69, 9.17) is 0 Å². The smallest absolute Gasteiger partial charge is 0.247 e. The van der Waals surface area contributed by atoms with Gasteiger partial charge in [-0.05, 0) is 24.3 Å². The molecule has 2 aromatic rings. The number of nitrogens with one attached hydrogen (secondary N) is 2. The molecular weight excluding hydrogens is 189 g/mol. The molecule has 0 spiro atoms. The van der Waals surface area contributed by atoms with E-state index >= 15 is 0 Å². The number of halogens is 1. The van der Waals surface area contributed by atoms with E-state index in [9.17, 15) is 14.0 Å². The molecule has 0 saturated carbocycles. The monoisotopic (exact) mass is 195 g/mol. The third-order valence-corrected chi connectivity index (χ3v) is 1.77. The molecule has 0 atom stereocenters. The predicted molar refractivity (Wildman–Crippen MR) is 47.0 cm³/mol. The van der Waals surface area contributed by atoms with Gasteiger partial charge in [0.05, 0.1) is 5.69 Å². The fourth-order valence-corrected chi connectivity index (χ4v) is 1.14. The van der Waals surface area contributed by atoms with E-state index in [2.05, 4.69) is 10.2 Å². The van der Waals surface area contributed by atoms with Crippen LogP contribution < -0.4 is 11.4 Å². The fraction of sp³-hybridized carbons (Fsp3) is 0. The predicted octanol–water partition coefficient (Wildman–Crippen LogP) is -0.00700. The van der Waals surface area contributed by atoms with Crippen LogP contribution >= 0.6 is 0 Å². The maximum absolute atomic E-state index is 12.5. The zero-order chi connectivity index (χ0) is 10.1. The number of benzene rings is 1. The van der Waals surface area contributed by atoms with Crippen LogP contribution in [0.15, 0.2) is 33.9 Å². The van der Waals surface area contributed by atoms with E-state index in [0.29, 0.717) is 5.69 Å². The first kappa shape index (κ1) is 8.49. The van der Waals surface area contributed by atoms with Crippen molar-refractivity contribution in [1.82, 2.24) is 14.8 Å². The van der Waals surface area contributed by atoms with Crippen molar-refractivity contribution in [3.63, 3.8) is 0 Å². The van der Waals surface area contributed by atoms with Crippen LogP contribution in [0.2, 0.25) is 0 Å². The molecule has 2 rings (SSSR count). The van der Waals surface area contributed by atoms with E-state index in [-0.39, 0.29) is 0 Å². The van der Waals surface area contributed by atoms with Gasteiger partial charge < -0.3 is 0 Å². The van der Waals surface area contributed by atoms with Gasteiger partial charge in [-0.2, -0.15) is 0 Å². The van der Waals surface area contributed by atoms with Crippen LogP contribution in [-0.2, 0) is 0 Å². The minimum atomic E-state index is -0.582. The minimum absolute atomic E-state index is 0.318. The molecule has 1 aromatic heterocycles. The third-order valence-electron chi connectivity index (χ3n) is 1.77. The number of H-pyrrole nitrogens is 2. The highest BCUT2D eigenvalue weighted by Crippen LogP contribution is 2.03. The molecule has 0 saturated heterocycles. The highest BCUT2D eigenvalue weighted by atomic mass is 19.1. The number of hydrogen-bond acceptors (Lipinski definition) is 2. The van der Waals surface area contributed by atoms with Crippen LogP contribution in [0.4, 0.5) is 4.39 Å². The summed E-state index contributed by atoms with van der Waals surface area (Å²) in [4.78, 5) is 22.2. The summed E-state index contributed by atoms with van der Waals surface area (Å²) in [6.45, 7) is 0. The average molecular weight is 195 g/mol. The van der Waals surface area contributed by atoms with Gasteiger partial charge >= 0.3 is 11.4 Å². The fourth-order valence-electron chi connectivity index (χ4n) is 1.14. The largest absolute Gasteiger partial charge is 0.348 e. The molecule has 0 amide bonds. The lowest BCUT2D eigenvalue weighted by Gasteiger charge is -1.97. The summed E-state index contributed by atoms with van der Waals surface area (Å²) in [5.41, 5.74) is -0.845. The van der Waals surface area contributed by atoms with E-state index < -0.39 is 17.2 Å². The normalized spacial score (nSPS) is 10.4. The molecule has 0 aliphatic rings. The van der Waals surface area contributed by atoms with E-state index in [1.54, 1.807) is 0 Å². The van der Waals surface area contributed by atoms with Gasteiger partial charge in [0.25, 0.3) is 0 Å². The molecule has 14 heavy (non-hydrogen) atoms. The number of nitrogens with zero attached hydrogens (tertiary/aromatic N) is 1. The lowest BCUT2D eigenvalue weighted by atomic mass is 10.3. The molecule has 0 radical (unpaired) electrons. The van der Waals surface area contributed by atoms with Crippen LogP contribution in [0.3, 0.4) is 0 Å². The lowest BCUT2D eigenvalue weighted by Crippen LogP contribution is -2.24. The third kappa shape index (κ3) is 1.26. The Morgan fingerprint density at radius 1 is 1.00 bits per heavy atom. The van der Waals surface area contributed by atoms with Gasteiger partial charge in [0.2, 0.25) is 0 Å². The zero-order valence-electron chi connectivity index (χ0n) is 6.95. The van der Waals surface area contributed by atoms with Gasteiger partial charge in [-0.15, -0.1) is 0 Å². The Kier molecular flexibility index (Phi) is 1.81. The molecule has 0 bridgehead atoms. The van der Waals surface area contributed by atoms with Gasteiger partial charge in [0.1, 0.15) is 5.82 Å². The summed E-state index contributed by atoms with van der Waals surface area (Å²) in [6.07, 6.45) is 0. The summed E-state index contributed by atoms with van der Waals surface area (Å²) in [6, 6.07) is 5.04. The second kappa shape index (κ2) is 2.99. The second-order valence-corrected chi connectivity index (χ2v) is 2.67. The standard InChI is InChI=1S/C8H6FN3O2/c9-5-1-3-6(4-2-5)12-7(13)10-11-8(12)14/h1-4H,(H,10,13)(H,11,14). The number of aromatic amines is 2. The van der Waals surface area contributed by atoms with Crippen molar-refractivity contribution in [2.45, 2.75) is 0 Å². The quantitative estimate of drug-likeness (QED) is 0.672. The van der Waals surface area contributed by atoms with Gasteiger partial charge in [0, 0.05) is 0 Å². The number of aromatic nitrogens is 3. The average Bonchev–Trinajstić information content (AvgIpc) is 2.49. The topological polar surface area (TPSA) is 70.7 Å². The molecule has 0 unspecified atom stereocenters. The van der Waals surface area contributed by atoms with Crippen LogP contribution in [0.5, 0.6) is 0 Å². The first-order valence-electron chi connectivity index (χ1n) is 3.84. The Bertz CT molecular complexity index is 521. The Morgan fingerprint density at radius 2 is 1.50 bits per heavy atom. The molecule has 0 aliphatic heterocycles. The van der Waals surface area contributed by atoms with Crippen LogP contribution in [0.25, 0.3) is 5.69 Å². The molecular formula is C8H6FN3O2. The maximum Gasteiger partial charge on any atom is 0.348 e. The Morgan fingerprint density at radius 3 is 2.00 bits per heavy atom. The molecule has 6 heteroatoms. The number of hydrogen-bond donors (Lipinski definition) is 2. The Balaban J connectivity index is 2.66. The van der Waals surface area contributed by atoms with Gasteiger partial charge in [-0.1, -0.05) is 0 Å². The van der Waals surface area contributed by atoms with Crippen molar-refractivity contribution in [3.8, 4) is 5.69 Å². The van der Waals surface area contributed by atoms with Crippen molar-refractivity contribution in [2.75, 3.05) is 0 Å². The molecule has 5 nitrogen and oxygen atoms in total. The van der Waals surface area contributed by atoms with Crippen LogP contribution in [0.1, 0.15) is 0 Å². The Hall–Kier alpha value is -2.11. The zero-order valence-corrected chi connectivity index (χ0v) is 6.95. The van der Waals surface area contributed by atoms with Crippen LogP contribution in [-0.4, -0.2) is 14.8 Å². The first-order chi connectivity index (χ1) is 6.68. The Labute approximate surface area is 76.8 Å². The van der Waals surface area contributed by atoms with Crippen molar-refractivity contribution >= 4 is 0 Å². The van der Waals surface area contributed by atoms with E-state index in [0.717, 1.165) is 4.57 Å². The molecule has 1 heterocycles. The van der Waals surface area contributed by atoms with E-state index in [1.165, 1.54) is 24.3 Å². The molecule has 0 aliphatic carbocycles. The van der Waals surface area contributed by atoms with Crippen molar-refractivity contribution < 1.29 is 4.39 Å². The molecule has 2 N–H and O–H groups in total. The van der Waals surface area contributed by atoms with Gasteiger partial charge in [0.15, 0.2) is 0 Å². The number of rotatable bonds is 1. The highest BCUT2D eigenvalue weighted by Gasteiger charge is 2.04. The second-order valence-electron chi connectivity index (χ2n) is 2.67. The SMILES string of the molecule is O=c1[nH][nH]c(=O)n1-c1ccc(F)cc1. The molecule has 1 aromatic carbocycles. The van der Waals surface area contributed by atoms with Crippen molar-refractivity contribution in [2.24, 2.45) is 0 Å². The summed E-state index contributed by atoms with van der Waals surface area (Å²) in [5.74, 6) is -0.422. The van der Waals surface area contributed by atoms with E-state index in [1.807, 2.05) is 0 Å². The highest BCUT2D eigenvalue weighted by molar-refractivity contribution is 5.30. The minimum Gasteiger partial charge on any atom is -0.247 e. The van der Waals surface area contributed by atoms with Crippen molar-refractivity contribution in [3.05, 3.63) is 51.1 Å². The summed E-state index contributed by atoms with van der Waals surface area (Å²) in [7, 11) is 0. The van der Waals surface area contributed by atoms with Crippen LogP contribution in [0, 0.1) is 5.82 Å². The molecule has 72 valence electrons. The lowest BCUT2D eigenvalue weighted by molar-refractivity contribution is 0.627. The van der Waals surface area contributed by atoms with Gasteiger partial charge in [-0.25, -0.2) is 28.7 Å². The molecule has 0 fully saturated rings. The van der Waals surface area contributed by atoms with Crippen molar-refractivity contribution in [1.29, 1.82) is 0 Å². The van der Waals surface area contributed by atoms with Gasteiger partial charge in [-0.3, -0.25) is 0 Å². The summed E-state index contributed by atoms with van der Waals surface area (Å²) < 4.78 is 13.4.